The number of benzene rings is 1. The molecule has 1 rings (SSSR count). The van der Waals surface area contributed by atoms with Crippen LogP contribution >= 0.6 is 33.3 Å². The summed E-state index contributed by atoms with van der Waals surface area (Å²) in [5, 5.41) is 13.3. The highest BCUT2D eigenvalue weighted by Crippen LogP contribution is 2.26. The molecular weight excluding hydrogens is 564 g/mol. The van der Waals surface area contributed by atoms with Crippen molar-refractivity contribution in [3.05, 3.63) is 35.9 Å². The number of esters is 2. The smallest absolute Gasteiger partial charge is 0.416 e. The van der Waals surface area contributed by atoms with Crippen molar-refractivity contribution in [1.29, 1.82) is 0 Å². The first-order valence-electron chi connectivity index (χ1n) is 12.7. The van der Waals surface area contributed by atoms with Crippen LogP contribution in [0.3, 0.4) is 0 Å². The molecule has 0 saturated carbocycles. The maximum atomic E-state index is 13.5. The molecule has 0 aliphatic heterocycles. The van der Waals surface area contributed by atoms with Crippen molar-refractivity contribution in [2.75, 3.05) is 56.5 Å². The highest BCUT2D eigenvalue weighted by Gasteiger charge is 2.31. The quantitative estimate of drug-likeness (QED) is 0.0744. The van der Waals surface area contributed by atoms with E-state index in [0.717, 1.165) is 35.1 Å². The number of carbonyl (C=O) groups excluding carboxylic acids is 4. The van der Waals surface area contributed by atoms with Gasteiger partial charge in [0.25, 0.3) is 0 Å². The zero-order chi connectivity index (χ0) is 28.9. The summed E-state index contributed by atoms with van der Waals surface area (Å²) in [5.41, 5.74) is 0.970. The molecule has 39 heavy (non-hydrogen) atoms. The summed E-state index contributed by atoms with van der Waals surface area (Å²) < 4.78 is 14.7. The number of thioether (sulfide) groups is 1. The normalized spacial score (nSPS) is 12.3. The van der Waals surface area contributed by atoms with E-state index in [1.807, 2.05) is 42.1 Å². The van der Waals surface area contributed by atoms with Gasteiger partial charge in [0.1, 0.15) is 0 Å². The molecule has 0 heterocycles. The lowest BCUT2D eigenvalue weighted by atomic mass is 9.99. The lowest BCUT2D eigenvalue weighted by molar-refractivity contribution is -0.157. The van der Waals surface area contributed by atoms with Gasteiger partial charge in [-0.2, -0.15) is 11.8 Å². The minimum absolute atomic E-state index is 0.0481. The third-order valence-corrected chi connectivity index (χ3v) is 7.98. The summed E-state index contributed by atoms with van der Waals surface area (Å²) in [6, 6.07) is 9.58. The van der Waals surface area contributed by atoms with E-state index in [1.54, 1.807) is 21.6 Å². The molecule has 0 radical (unpaired) electrons. The number of carbonyl (C=O) groups is 4. The molecule has 0 fully saturated rings. The van der Waals surface area contributed by atoms with Crippen molar-refractivity contribution in [1.82, 2.24) is 10.2 Å². The van der Waals surface area contributed by atoms with Gasteiger partial charge in [0.15, 0.2) is 6.61 Å². The third-order valence-electron chi connectivity index (χ3n) is 4.99. The number of amides is 2. The summed E-state index contributed by atoms with van der Waals surface area (Å²) in [5.74, 6) is 0.104. The number of nitrogens with zero attached hydrogens (tertiary/aromatic N) is 1. The maximum Gasteiger partial charge on any atom is 0.416 e. The number of nitrogens with one attached hydrogen (secondary N) is 1. The molecule has 2 unspecified atom stereocenters. The number of aliphatic hydroxyl groups is 1. The van der Waals surface area contributed by atoms with E-state index in [-0.39, 0.29) is 26.2 Å². The van der Waals surface area contributed by atoms with Gasteiger partial charge < -0.3 is 24.6 Å². The van der Waals surface area contributed by atoms with Crippen LogP contribution in [-0.4, -0.2) is 96.6 Å². The fraction of sp³-hybridized carbons (Fsp3) is 0.615. The van der Waals surface area contributed by atoms with Gasteiger partial charge in [0, 0.05) is 19.1 Å². The number of rotatable bonds is 20. The fourth-order valence-electron chi connectivity index (χ4n) is 3.17. The van der Waals surface area contributed by atoms with Crippen molar-refractivity contribution < 1.29 is 38.5 Å². The zero-order valence-electron chi connectivity index (χ0n) is 22.8. The van der Waals surface area contributed by atoms with Crippen molar-refractivity contribution >= 4 is 57.3 Å². The summed E-state index contributed by atoms with van der Waals surface area (Å²) in [4.78, 5) is 49.5. The second-order valence-corrected chi connectivity index (χ2v) is 12.0. The number of imide groups is 1. The van der Waals surface area contributed by atoms with Gasteiger partial charge in [-0.1, -0.05) is 51.9 Å². The highest BCUT2D eigenvalue weighted by molar-refractivity contribution is 8.76. The summed E-state index contributed by atoms with van der Waals surface area (Å²) >= 11 is 1.81. The van der Waals surface area contributed by atoms with Crippen LogP contribution in [0.5, 0.6) is 0 Å². The molecule has 0 aliphatic rings. The molecule has 0 aromatic heterocycles. The Bertz CT molecular complexity index is 861. The van der Waals surface area contributed by atoms with E-state index in [1.165, 1.54) is 13.8 Å². The molecule has 0 saturated heterocycles. The largest absolute Gasteiger partial charge is 0.463 e. The predicted octanol–water partition coefficient (Wildman–Crippen LogP) is 3.37. The number of aliphatic hydroxyl groups excluding tert-OH is 1. The highest BCUT2D eigenvalue weighted by atomic mass is 33.1. The van der Waals surface area contributed by atoms with E-state index >= 15 is 0 Å². The molecule has 10 nitrogen and oxygen atoms in total. The van der Waals surface area contributed by atoms with E-state index in [2.05, 4.69) is 16.3 Å². The van der Waals surface area contributed by atoms with Crippen LogP contribution in [0.2, 0.25) is 0 Å². The van der Waals surface area contributed by atoms with Gasteiger partial charge in [-0.3, -0.25) is 9.59 Å². The van der Waals surface area contributed by atoms with Crippen molar-refractivity contribution in [2.45, 2.75) is 39.2 Å². The van der Waals surface area contributed by atoms with Gasteiger partial charge >= 0.3 is 18.0 Å². The van der Waals surface area contributed by atoms with E-state index < -0.39 is 42.6 Å². The molecule has 0 aliphatic carbocycles. The molecule has 220 valence electrons. The van der Waals surface area contributed by atoms with Crippen LogP contribution in [0.4, 0.5) is 4.79 Å². The third kappa shape index (κ3) is 17.4. The maximum absolute atomic E-state index is 13.5. The Hall–Kier alpha value is -1.93. The van der Waals surface area contributed by atoms with Crippen LogP contribution in [0, 0.1) is 5.92 Å². The Morgan fingerprint density at radius 3 is 2.41 bits per heavy atom. The molecule has 1 aromatic carbocycles. The standard InChI is InChI=1S/C26H40N2O8S3/c1-20(29)16-28(26(33)35-13-8-12-34-24(31)17-36-21(2)30)25(32)23(15-22-9-5-4-6-10-22)18-38-39-19-27-11-7-14-37-3/h4-6,9-10,20,23,27,29H,7-8,11-19H2,1-3H3. The van der Waals surface area contributed by atoms with Gasteiger partial charge in [-0.15, -0.1) is 0 Å². The van der Waals surface area contributed by atoms with Crippen LogP contribution in [0.1, 0.15) is 32.3 Å². The summed E-state index contributed by atoms with van der Waals surface area (Å²) in [6.07, 6.45) is 2.01. The minimum Gasteiger partial charge on any atom is -0.463 e. The first kappa shape index (κ1) is 35.1. The predicted molar refractivity (Wildman–Crippen MR) is 157 cm³/mol. The summed E-state index contributed by atoms with van der Waals surface area (Å²) in [6.45, 7) is 2.78. The molecule has 13 heteroatoms. The minimum atomic E-state index is -0.936. The second kappa shape index (κ2) is 21.8. The molecule has 1 aromatic rings. The Morgan fingerprint density at radius 2 is 1.74 bits per heavy atom. The summed E-state index contributed by atoms with van der Waals surface area (Å²) in [7, 11) is 3.18. The molecule has 2 N–H and O–H groups in total. The van der Waals surface area contributed by atoms with Crippen LogP contribution in [-0.2, 0) is 35.0 Å². The van der Waals surface area contributed by atoms with Gasteiger partial charge in [-0.25, -0.2) is 14.5 Å². The topological polar surface area (TPSA) is 131 Å². The van der Waals surface area contributed by atoms with E-state index in [9.17, 15) is 24.3 Å². The van der Waals surface area contributed by atoms with Crippen molar-refractivity contribution in [3.8, 4) is 0 Å². The Labute approximate surface area is 243 Å². The molecule has 0 bridgehead atoms. The van der Waals surface area contributed by atoms with Gasteiger partial charge in [-0.05, 0) is 43.9 Å². The lowest BCUT2D eigenvalue weighted by Gasteiger charge is -2.26. The number of ether oxygens (including phenoxy) is 3. The average molecular weight is 605 g/mol. The Kier molecular flexibility index (Phi) is 19.7. The monoisotopic (exact) mass is 604 g/mol. The SMILES string of the molecule is CSCCCNCSSCC(Cc1ccccc1)C(=O)N(CC(C)O)C(=O)OCCCOC(=O)COC(C)=O. The first-order valence-corrected chi connectivity index (χ1v) is 16.6. The average Bonchev–Trinajstić information content (AvgIpc) is 2.91. The second-order valence-electron chi connectivity index (χ2n) is 8.55. The fourth-order valence-corrected chi connectivity index (χ4v) is 5.71. The number of hydrogen-bond acceptors (Lipinski definition) is 12. The molecular formula is C26H40N2O8S3. The van der Waals surface area contributed by atoms with E-state index in [0.29, 0.717) is 12.2 Å². The van der Waals surface area contributed by atoms with Gasteiger partial charge in [0.2, 0.25) is 5.91 Å². The van der Waals surface area contributed by atoms with Crippen LogP contribution in [0.15, 0.2) is 30.3 Å². The van der Waals surface area contributed by atoms with Gasteiger partial charge in [0.05, 0.1) is 37.7 Å². The Morgan fingerprint density at radius 1 is 1.03 bits per heavy atom. The Balaban J connectivity index is 2.68. The number of hydrogen-bond donors (Lipinski definition) is 2. The molecule has 2 amide bonds. The van der Waals surface area contributed by atoms with Crippen LogP contribution < -0.4 is 5.32 Å². The lowest BCUT2D eigenvalue weighted by Crippen LogP contribution is -2.45. The van der Waals surface area contributed by atoms with Crippen molar-refractivity contribution in [3.63, 3.8) is 0 Å². The van der Waals surface area contributed by atoms with E-state index in [4.69, 9.17) is 9.47 Å². The zero-order valence-corrected chi connectivity index (χ0v) is 25.2. The molecule has 0 spiro atoms. The van der Waals surface area contributed by atoms with Crippen molar-refractivity contribution in [2.24, 2.45) is 5.92 Å². The molecule has 2 atom stereocenters. The van der Waals surface area contributed by atoms with Crippen LogP contribution in [0.25, 0.3) is 0 Å². The first-order chi connectivity index (χ1) is 18.7.